The SMILES string of the molecule is CC.CC.CC.CC.CC.CC.CC.CC.[CH2-]CC1C(C)CCCOCOCCCC(C)C(C[CH2-])C(C)CCCOCOCCCC1C.[Y].[Y]. The molecule has 4 unspecified atom stereocenters. The second-order valence-electron chi connectivity index (χ2n) is 10.3. The minimum Gasteiger partial charge on any atom is -0.355 e. The Morgan fingerprint density at radius 1 is 0.360 bits per heavy atom. The molecule has 1 aliphatic rings. The summed E-state index contributed by atoms with van der Waals surface area (Å²) < 4.78 is 22.9. The van der Waals surface area contributed by atoms with Crippen LogP contribution >= 0.6 is 0 Å². The first kappa shape index (κ1) is 76.7. The maximum atomic E-state index is 5.73. The fraction of sp³-hybridized carbons (Fsp3) is 0.955. The summed E-state index contributed by atoms with van der Waals surface area (Å²) in [4.78, 5) is 0. The Hall–Kier alpha value is 2.05. The van der Waals surface area contributed by atoms with Gasteiger partial charge in [-0.25, -0.2) is 0 Å². The maximum absolute atomic E-state index is 5.73. The van der Waals surface area contributed by atoms with Gasteiger partial charge in [0.1, 0.15) is 13.6 Å². The van der Waals surface area contributed by atoms with Crippen molar-refractivity contribution in [2.45, 2.75) is 203 Å². The molecule has 0 aromatic carbocycles. The van der Waals surface area contributed by atoms with E-state index in [-0.39, 0.29) is 65.4 Å². The van der Waals surface area contributed by atoms with E-state index in [1.54, 1.807) is 0 Å². The molecule has 0 aromatic rings. The molecular formula is C44H102O4Y2-2. The molecule has 0 bridgehead atoms. The van der Waals surface area contributed by atoms with Crippen LogP contribution in [0.15, 0.2) is 0 Å². The predicted molar refractivity (Wildman–Crippen MR) is 225 cm³/mol. The quantitative estimate of drug-likeness (QED) is 0.259. The predicted octanol–water partition coefficient (Wildman–Crippen LogP) is 15.5. The van der Waals surface area contributed by atoms with Gasteiger partial charge in [0.2, 0.25) is 0 Å². The Balaban J connectivity index is -0.0000000972. The van der Waals surface area contributed by atoms with Gasteiger partial charge in [-0.05, 0) is 75.0 Å². The molecule has 0 N–H and O–H groups in total. The van der Waals surface area contributed by atoms with E-state index in [0.717, 1.165) is 65.0 Å². The normalized spacial score (nSPS) is 23.4. The van der Waals surface area contributed by atoms with Crippen LogP contribution in [-0.4, -0.2) is 40.0 Å². The van der Waals surface area contributed by atoms with Gasteiger partial charge < -0.3 is 32.8 Å². The molecule has 4 nitrogen and oxygen atoms in total. The van der Waals surface area contributed by atoms with Crippen molar-refractivity contribution < 1.29 is 84.4 Å². The van der Waals surface area contributed by atoms with E-state index in [4.69, 9.17) is 18.9 Å². The molecule has 310 valence electrons. The molecular weight excluding hydrogens is 770 g/mol. The second kappa shape index (κ2) is 79.7. The second-order valence-corrected chi connectivity index (χ2v) is 10.3. The van der Waals surface area contributed by atoms with Gasteiger partial charge in [-0.3, -0.25) is 0 Å². The van der Waals surface area contributed by atoms with Crippen LogP contribution in [0.1, 0.15) is 203 Å². The van der Waals surface area contributed by atoms with Gasteiger partial charge in [0, 0.05) is 91.8 Å². The first-order valence-electron chi connectivity index (χ1n) is 21.4. The minimum absolute atomic E-state index is 0. The topological polar surface area (TPSA) is 36.9 Å². The van der Waals surface area contributed by atoms with Gasteiger partial charge in [0.15, 0.2) is 0 Å². The first-order valence-corrected chi connectivity index (χ1v) is 21.4. The smallest absolute Gasteiger partial charge is 0.146 e. The number of ether oxygens (including phenoxy) is 4. The summed E-state index contributed by atoms with van der Waals surface area (Å²) in [6.45, 7) is 53.9. The third-order valence-corrected chi connectivity index (χ3v) is 7.72. The third-order valence-electron chi connectivity index (χ3n) is 7.72. The minimum atomic E-state index is 0. The first-order chi connectivity index (χ1) is 23.5. The Morgan fingerprint density at radius 2 is 0.520 bits per heavy atom. The fourth-order valence-corrected chi connectivity index (χ4v) is 5.50. The van der Waals surface area contributed by atoms with E-state index in [2.05, 4.69) is 41.5 Å². The van der Waals surface area contributed by atoms with Gasteiger partial charge in [-0.15, -0.1) is 0 Å². The summed E-state index contributed by atoms with van der Waals surface area (Å²) in [7, 11) is 0. The van der Waals surface area contributed by atoms with Crippen LogP contribution < -0.4 is 0 Å². The number of rotatable bonds is 2. The van der Waals surface area contributed by atoms with Crippen LogP contribution in [0.5, 0.6) is 0 Å². The molecule has 1 fully saturated rings. The summed E-state index contributed by atoms with van der Waals surface area (Å²) in [6, 6.07) is 0. The third kappa shape index (κ3) is 56.8. The molecule has 1 aliphatic heterocycles. The molecule has 0 spiro atoms. The number of hydrogen-bond donors (Lipinski definition) is 0. The van der Waals surface area contributed by atoms with Crippen molar-refractivity contribution in [2.24, 2.45) is 35.5 Å². The molecule has 4 atom stereocenters. The van der Waals surface area contributed by atoms with Crippen molar-refractivity contribution in [1.29, 1.82) is 0 Å². The van der Waals surface area contributed by atoms with Crippen molar-refractivity contribution in [3.63, 3.8) is 0 Å². The fourth-order valence-electron chi connectivity index (χ4n) is 5.50. The van der Waals surface area contributed by atoms with Crippen LogP contribution in [0.25, 0.3) is 0 Å². The Bertz CT molecular complexity index is 361. The van der Waals surface area contributed by atoms with Crippen molar-refractivity contribution in [2.75, 3.05) is 40.0 Å². The van der Waals surface area contributed by atoms with E-state index in [9.17, 15) is 0 Å². The standard InChI is InChI=1S/C28H54O4.8C2H6.2Y/c1-7-27-23(3)13-9-17-29-21-31-19-11-15-25(5)28(8-2)26(6)16-12-20-32-22-30-18-10-14-24(27)4;8*1-2;;/h23-28H,1-2,7-22H2,3-6H3;8*1-2H3;;/q-2;;;;;;;;;;. The maximum Gasteiger partial charge on any atom is 0.146 e. The van der Waals surface area contributed by atoms with Crippen LogP contribution in [0.4, 0.5) is 0 Å². The molecule has 0 amide bonds. The van der Waals surface area contributed by atoms with Crippen LogP contribution in [0.2, 0.25) is 0 Å². The van der Waals surface area contributed by atoms with Crippen molar-refractivity contribution >= 4 is 0 Å². The van der Waals surface area contributed by atoms with Gasteiger partial charge in [-0.2, -0.15) is 12.8 Å². The van der Waals surface area contributed by atoms with Crippen LogP contribution in [-0.2, 0) is 84.4 Å². The van der Waals surface area contributed by atoms with E-state index in [0.29, 0.717) is 49.1 Å². The summed E-state index contributed by atoms with van der Waals surface area (Å²) in [6.07, 6.45) is 11.1. The molecule has 1 saturated heterocycles. The van der Waals surface area contributed by atoms with Gasteiger partial charge in [0.05, 0.1) is 0 Å². The van der Waals surface area contributed by atoms with E-state index >= 15 is 0 Å². The van der Waals surface area contributed by atoms with Gasteiger partial charge in [-0.1, -0.05) is 150 Å². The zero-order valence-electron chi connectivity index (χ0n) is 39.0. The zero-order chi connectivity index (χ0) is 39.6. The molecule has 0 aromatic heterocycles. The molecule has 1 rings (SSSR count). The molecule has 6 heteroatoms. The summed E-state index contributed by atoms with van der Waals surface area (Å²) >= 11 is 0. The van der Waals surface area contributed by atoms with Crippen molar-refractivity contribution in [3.8, 4) is 0 Å². The van der Waals surface area contributed by atoms with Gasteiger partial charge >= 0.3 is 0 Å². The van der Waals surface area contributed by atoms with Crippen LogP contribution in [0.3, 0.4) is 0 Å². The average molecular weight is 873 g/mol. The van der Waals surface area contributed by atoms with Gasteiger partial charge in [0.25, 0.3) is 0 Å². The zero-order valence-corrected chi connectivity index (χ0v) is 44.7. The Morgan fingerprint density at radius 3 is 0.660 bits per heavy atom. The molecule has 0 saturated carbocycles. The monoisotopic (exact) mass is 873 g/mol. The molecule has 50 heavy (non-hydrogen) atoms. The molecule has 0 aliphatic carbocycles. The Kier molecular flexibility index (Phi) is 122. The van der Waals surface area contributed by atoms with E-state index in [1.165, 1.54) is 25.7 Å². The summed E-state index contributed by atoms with van der Waals surface area (Å²) in [5.41, 5.74) is 0. The Labute approximate surface area is 373 Å². The van der Waals surface area contributed by atoms with E-state index < -0.39 is 0 Å². The average Bonchev–Trinajstić information content (AvgIpc) is 3.17. The van der Waals surface area contributed by atoms with Crippen molar-refractivity contribution in [1.82, 2.24) is 0 Å². The summed E-state index contributed by atoms with van der Waals surface area (Å²) in [5, 5.41) is 0. The largest absolute Gasteiger partial charge is 0.355 e. The summed E-state index contributed by atoms with van der Waals surface area (Å²) in [5.74, 6) is 4.02. The van der Waals surface area contributed by atoms with Crippen molar-refractivity contribution in [3.05, 3.63) is 13.8 Å². The van der Waals surface area contributed by atoms with E-state index in [1.807, 2.05) is 111 Å². The number of hydrogen-bond acceptors (Lipinski definition) is 4. The molecule has 1 heterocycles. The molecule has 2 radical (unpaired) electrons. The van der Waals surface area contributed by atoms with Crippen LogP contribution in [0, 0.1) is 49.4 Å².